The summed E-state index contributed by atoms with van der Waals surface area (Å²) in [7, 11) is 0. The largest absolute Gasteiger partial charge is 0.462 e. The Kier molecular flexibility index (Phi) is 9.81. The number of ether oxygens (including phenoxy) is 1. The Labute approximate surface area is 170 Å². The van der Waals surface area contributed by atoms with Gasteiger partial charge in [0.2, 0.25) is 0 Å². The van der Waals surface area contributed by atoms with Crippen LogP contribution in [0.3, 0.4) is 0 Å². The zero-order valence-electron chi connectivity index (χ0n) is 17.8. The molecule has 2 rings (SSSR count). The molecular formula is C24H36N2O2. The van der Waals surface area contributed by atoms with E-state index < -0.39 is 0 Å². The number of hydrogen-bond donors (Lipinski definition) is 0. The van der Waals surface area contributed by atoms with Crippen molar-refractivity contribution in [1.29, 1.82) is 0 Å². The molecular weight excluding hydrogens is 348 g/mol. The molecule has 1 unspecified atom stereocenters. The van der Waals surface area contributed by atoms with E-state index in [0.29, 0.717) is 12.8 Å². The van der Waals surface area contributed by atoms with Crippen LogP contribution in [0.2, 0.25) is 0 Å². The van der Waals surface area contributed by atoms with Gasteiger partial charge < -0.3 is 9.64 Å². The number of hydrogen-bond acceptors (Lipinski definition) is 4. The van der Waals surface area contributed by atoms with E-state index in [2.05, 4.69) is 47.3 Å². The number of nitrogens with zero attached hydrogens (tertiary/aromatic N) is 2. The van der Waals surface area contributed by atoms with Crippen molar-refractivity contribution in [2.45, 2.75) is 84.7 Å². The number of anilines is 1. The summed E-state index contributed by atoms with van der Waals surface area (Å²) in [5.41, 5.74) is 3.55. The lowest BCUT2D eigenvalue weighted by Gasteiger charge is -2.24. The third kappa shape index (κ3) is 7.87. The predicted molar refractivity (Wildman–Crippen MR) is 118 cm³/mol. The quantitative estimate of drug-likeness (QED) is 0.325. The molecule has 4 heteroatoms. The zero-order chi connectivity index (χ0) is 20.2. The van der Waals surface area contributed by atoms with Gasteiger partial charge in [0.15, 0.2) is 0 Å². The molecule has 28 heavy (non-hydrogen) atoms. The second-order valence-corrected chi connectivity index (χ2v) is 7.63. The van der Waals surface area contributed by atoms with Gasteiger partial charge in [-0.05, 0) is 37.5 Å². The Morgan fingerprint density at radius 1 is 1.18 bits per heavy atom. The third-order valence-electron chi connectivity index (χ3n) is 5.02. The highest BCUT2D eigenvalue weighted by atomic mass is 16.5. The minimum atomic E-state index is -0.160. The molecule has 1 aromatic carbocycles. The van der Waals surface area contributed by atoms with Crippen molar-refractivity contribution < 1.29 is 9.53 Å². The second kappa shape index (κ2) is 12.4. The number of unbranched alkanes of at least 4 members (excludes halogenated alkanes) is 5. The Morgan fingerprint density at radius 2 is 1.96 bits per heavy atom. The van der Waals surface area contributed by atoms with Gasteiger partial charge in [0.25, 0.3) is 0 Å². The van der Waals surface area contributed by atoms with Crippen LogP contribution in [0.1, 0.15) is 77.7 Å². The van der Waals surface area contributed by atoms with E-state index in [1.807, 2.05) is 20.1 Å². The highest BCUT2D eigenvalue weighted by Gasteiger charge is 2.14. The van der Waals surface area contributed by atoms with Crippen molar-refractivity contribution in [2.24, 2.45) is 4.99 Å². The highest BCUT2D eigenvalue weighted by Crippen LogP contribution is 2.22. The molecule has 0 N–H and O–H groups in total. The minimum absolute atomic E-state index is 0.158. The van der Waals surface area contributed by atoms with Crippen LogP contribution in [0.25, 0.3) is 0 Å². The SMILES string of the molecule is CCCCCCCCc1cccc(N2C=C(CC(C)OC(=O)CC)N=CC2)c1. The molecule has 1 aliphatic heterocycles. The van der Waals surface area contributed by atoms with E-state index >= 15 is 0 Å². The first-order valence-corrected chi connectivity index (χ1v) is 10.9. The number of benzene rings is 1. The van der Waals surface area contributed by atoms with Gasteiger partial charge in [0, 0.05) is 30.9 Å². The van der Waals surface area contributed by atoms with E-state index in [1.165, 1.54) is 49.8 Å². The van der Waals surface area contributed by atoms with Gasteiger partial charge in [-0.3, -0.25) is 9.79 Å². The van der Waals surface area contributed by atoms with Crippen LogP contribution in [0.5, 0.6) is 0 Å². The molecule has 1 heterocycles. The fraction of sp³-hybridized carbons (Fsp3) is 0.583. The van der Waals surface area contributed by atoms with Crippen LogP contribution in [0.4, 0.5) is 5.69 Å². The van der Waals surface area contributed by atoms with E-state index in [-0.39, 0.29) is 12.1 Å². The van der Waals surface area contributed by atoms with Crippen LogP contribution in [-0.2, 0) is 16.0 Å². The molecule has 154 valence electrons. The van der Waals surface area contributed by atoms with Gasteiger partial charge in [-0.1, -0.05) is 58.1 Å². The van der Waals surface area contributed by atoms with Crippen LogP contribution < -0.4 is 4.90 Å². The monoisotopic (exact) mass is 384 g/mol. The number of carbonyl (C=O) groups excluding carboxylic acids is 1. The van der Waals surface area contributed by atoms with Gasteiger partial charge in [0.05, 0.1) is 12.2 Å². The van der Waals surface area contributed by atoms with Gasteiger partial charge in [0.1, 0.15) is 6.10 Å². The van der Waals surface area contributed by atoms with Crippen molar-refractivity contribution in [3.63, 3.8) is 0 Å². The second-order valence-electron chi connectivity index (χ2n) is 7.63. The molecule has 1 aromatic rings. The number of aryl methyl sites for hydroxylation is 1. The summed E-state index contributed by atoms with van der Waals surface area (Å²) in [6, 6.07) is 8.82. The summed E-state index contributed by atoms with van der Waals surface area (Å²) in [6.07, 6.45) is 14.0. The predicted octanol–water partition coefficient (Wildman–Crippen LogP) is 6.05. The van der Waals surface area contributed by atoms with Gasteiger partial charge in [-0.15, -0.1) is 0 Å². The van der Waals surface area contributed by atoms with Crippen molar-refractivity contribution in [1.82, 2.24) is 0 Å². The summed E-state index contributed by atoms with van der Waals surface area (Å²) < 4.78 is 5.37. The van der Waals surface area contributed by atoms with Crippen LogP contribution in [0.15, 0.2) is 41.2 Å². The van der Waals surface area contributed by atoms with E-state index in [4.69, 9.17) is 4.74 Å². The lowest BCUT2D eigenvalue weighted by atomic mass is 10.0. The summed E-state index contributed by atoms with van der Waals surface area (Å²) in [5, 5.41) is 0. The molecule has 1 atom stereocenters. The molecule has 0 amide bonds. The summed E-state index contributed by atoms with van der Waals surface area (Å²) in [6.45, 7) is 6.76. The molecule has 0 aliphatic carbocycles. The molecule has 0 saturated carbocycles. The molecule has 0 spiro atoms. The van der Waals surface area contributed by atoms with Gasteiger partial charge in [-0.2, -0.15) is 0 Å². The third-order valence-corrected chi connectivity index (χ3v) is 5.02. The average Bonchev–Trinajstić information content (AvgIpc) is 2.71. The first-order valence-electron chi connectivity index (χ1n) is 10.9. The van der Waals surface area contributed by atoms with Gasteiger partial charge >= 0.3 is 5.97 Å². The van der Waals surface area contributed by atoms with Crippen LogP contribution in [-0.4, -0.2) is 24.8 Å². The summed E-state index contributed by atoms with van der Waals surface area (Å²) in [5.74, 6) is -0.160. The van der Waals surface area contributed by atoms with Crippen LogP contribution in [0, 0.1) is 0 Å². The van der Waals surface area contributed by atoms with Crippen molar-refractivity contribution in [3.8, 4) is 0 Å². The number of rotatable bonds is 12. The van der Waals surface area contributed by atoms with Crippen LogP contribution >= 0.6 is 0 Å². The van der Waals surface area contributed by atoms with E-state index in [0.717, 1.165) is 18.7 Å². The maximum atomic E-state index is 11.5. The molecule has 0 aromatic heterocycles. The highest BCUT2D eigenvalue weighted by molar-refractivity contribution is 5.71. The Balaban J connectivity index is 1.88. The smallest absolute Gasteiger partial charge is 0.305 e. The number of esters is 1. The zero-order valence-corrected chi connectivity index (χ0v) is 17.8. The fourth-order valence-electron chi connectivity index (χ4n) is 3.44. The minimum Gasteiger partial charge on any atom is -0.462 e. The molecule has 0 bridgehead atoms. The Hall–Kier alpha value is -2.10. The molecule has 0 fully saturated rings. The average molecular weight is 385 g/mol. The summed E-state index contributed by atoms with van der Waals surface area (Å²) in [4.78, 5) is 18.2. The maximum absolute atomic E-state index is 11.5. The Morgan fingerprint density at radius 3 is 2.75 bits per heavy atom. The van der Waals surface area contributed by atoms with Crippen molar-refractivity contribution in [2.75, 3.05) is 11.4 Å². The summed E-state index contributed by atoms with van der Waals surface area (Å²) >= 11 is 0. The number of aliphatic imine (C=N–C) groups is 1. The van der Waals surface area contributed by atoms with Gasteiger partial charge in [-0.25, -0.2) is 0 Å². The molecule has 1 aliphatic rings. The maximum Gasteiger partial charge on any atom is 0.305 e. The lowest BCUT2D eigenvalue weighted by molar-refractivity contribution is -0.147. The number of carbonyl (C=O) groups is 1. The van der Waals surface area contributed by atoms with Crippen molar-refractivity contribution in [3.05, 3.63) is 41.7 Å². The molecule has 4 nitrogen and oxygen atoms in total. The standard InChI is InChI=1S/C24H36N2O2/c1-4-6-7-8-9-10-12-21-13-11-14-23(18-21)26-16-15-25-22(19-26)17-20(3)28-24(27)5-2/h11,13-15,18-20H,4-10,12,16-17H2,1-3H3. The normalized spacial score (nSPS) is 14.7. The lowest BCUT2D eigenvalue weighted by Crippen LogP contribution is -2.23. The fourth-order valence-corrected chi connectivity index (χ4v) is 3.44. The van der Waals surface area contributed by atoms with E-state index in [9.17, 15) is 4.79 Å². The molecule has 0 saturated heterocycles. The Bertz CT molecular complexity index is 666. The first-order chi connectivity index (χ1) is 13.6. The molecule has 0 radical (unpaired) electrons. The van der Waals surface area contributed by atoms with Crippen molar-refractivity contribution >= 4 is 17.9 Å². The topological polar surface area (TPSA) is 41.9 Å². The van der Waals surface area contributed by atoms with E-state index in [1.54, 1.807) is 0 Å². The first kappa shape index (κ1) is 22.2.